The predicted octanol–water partition coefficient (Wildman–Crippen LogP) is 5.39. The van der Waals surface area contributed by atoms with Crippen molar-refractivity contribution in [2.24, 2.45) is 0 Å². The van der Waals surface area contributed by atoms with Crippen LogP contribution < -0.4 is 20.7 Å². The summed E-state index contributed by atoms with van der Waals surface area (Å²) in [7, 11) is 0. The Labute approximate surface area is 259 Å². The van der Waals surface area contributed by atoms with Gasteiger partial charge in [0.15, 0.2) is 11.5 Å². The average molecular weight is 629 g/mol. The van der Waals surface area contributed by atoms with Gasteiger partial charge in [-0.3, -0.25) is 15.2 Å². The van der Waals surface area contributed by atoms with Crippen molar-refractivity contribution in [3.05, 3.63) is 46.9 Å². The molecule has 1 unspecified atom stereocenters. The molecule has 15 heteroatoms. The number of carbonyl (C=O) groups is 3. The minimum atomic E-state index is -0.725. The molecule has 0 aliphatic heterocycles. The molecule has 4 N–H and O–H groups in total. The molecule has 14 nitrogen and oxygen atoms in total. The minimum absolute atomic E-state index is 0.00547. The fourth-order valence-electron chi connectivity index (χ4n) is 4.26. The molecule has 4 rings (SSSR count). The first-order chi connectivity index (χ1) is 21.0. The second-order valence-electron chi connectivity index (χ2n) is 11.0. The molecule has 1 atom stereocenters. The van der Waals surface area contributed by atoms with Crippen LogP contribution in [0.4, 0.5) is 15.4 Å². The van der Waals surface area contributed by atoms with Gasteiger partial charge < -0.3 is 24.8 Å². The number of hydrogen-bond acceptors (Lipinski definition) is 9. The van der Waals surface area contributed by atoms with E-state index in [2.05, 4.69) is 36.2 Å². The van der Waals surface area contributed by atoms with Crippen LogP contribution in [0, 0.1) is 0 Å². The number of nitrogens with one attached hydrogen (secondary N) is 4. The van der Waals surface area contributed by atoms with Gasteiger partial charge in [0.2, 0.25) is 0 Å². The highest BCUT2D eigenvalue weighted by atomic mass is 35.5. The lowest BCUT2D eigenvalue weighted by Crippen LogP contribution is -2.33. The molecule has 44 heavy (non-hydrogen) atoms. The SMILES string of the molecule is CCCCOC(=O)Nc1nn2cccnc2c1C(=O)NC(C)c1cc(Cl)c2cn[nH]c2c1OCCCNC(=O)OC(C)(C)C. The first-order valence-electron chi connectivity index (χ1n) is 14.3. The summed E-state index contributed by atoms with van der Waals surface area (Å²) in [6.07, 6.45) is 5.54. The first kappa shape index (κ1) is 32.3. The van der Waals surface area contributed by atoms with Crippen molar-refractivity contribution in [2.45, 2.75) is 65.5 Å². The number of ether oxygens (including phenoxy) is 3. The maximum atomic E-state index is 13.7. The third-order valence-corrected chi connectivity index (χ3v) is 6.60. The van der Waals surface area contributed by atoms with Gasteiger partial charge in [0.05, 0.1) is 30.5 Å². The van der Waals surface area contributed by atoms with Crippen molar-refractivity contribution in [1.29, 1.82) is 0 Å². The van der Waals surface area contributed by atoms with Crippen molar-refractivity contribution in [3.8, 4) is 5.75 Å². The highest BCUT2D eigenvalue weighted by Crippen LogP contribution is 2.37. The van der Waals surface area contributed by atoms with Gasteiger partial charge in [0.1, 0.15) is 22.4 Å². The Hall–Kier alpha value is -4.59. The van der Waals surface area contributed by atoms with Crippen LogP contribution >= 0.6 is 11.6 Å². The molecule has 3 amide bonds. The van der Waals surface area contributed by atoms with Gasteiger partial charge in [-0.25, -0.2) is 19.1 Å². The Kier molecular flexibility index (Phi) is 10.5. The number of hydrogen-bond donors (Lipinski definition) is 4. The van der Waals surface area contributed by atoms with Gasteiger partial charge in [-0.1, -0.05) is 24.9 Å². The number of aromatic amines is 1. The molecule has 1 aromatic carbocycles. The number of H-pyrrole nitrogens is 1. The number of alkyl carbamates (subject to hydrolysis) is 1. The summed E-state index contributed by atoms with van der Waals surface area (Å²) in [5.41, 5.74) is 0.854. The quantitative estimate of drug-likeness (QED) is 0.150. The smallest absolute Gasteiger partial charge is 0.412 e. The number of amides is 3. The number of benzene rings is 1. The largest absolute Gasteiger partial charge is 0.491 e. The number of nitrogens with zero attached hydrogens (tertiary/aromatic N) is 4. The monoisotopic (exact) mass is 628 g/mol. The van der Waals surface area contributed by atoms with E-state index in [1.807, 2.05) is 6.92 Å². The number of carbonyl (C=O) groups excluding carboxylic acids is 3. The van der Waals surface area contributed by atoms with Crippen molar-refractivity contribution in [1.82, 2.24) is 35.4 Å². The molecule has 0 fully saturated rings. The Balaban J connectivity index is 1.52. The lowest BCUT2D eigenvalue weighted by Gasteiger charge is -2.20. The Morgan fingerprint density at radius 3 is 2.70 bits per heavy atom. The van der Waals surface area contributed by atoms with Gasteiger partial charge in [-0.15, -0.1) is 5.10 Å². The summed E-state index contributed by atoms with van der Waals surface area (Å²) >= 11 is 6.57. The number of fused-ring (bicyclic) bond motifs is 2. The Morgan fingerprint density at radius 1 is 1.16 bits per heavy atom. The van der Waals surface area contributed by atoms with Crippen molar-refractivity contribution >= 4 is 52.1 Å². The van der Waals surface area contributed by atoms with E-state index in [9.17, 15) is 14.4 Å². The first-order valence-corrected chi connectivity index (χ1v) is 14.7. The molecule has 0 bridgehead atoms. The molecule has 0 spiro atoms. The number of rotatable bonds is 12. The van der Waals surface area contributed by atoms with E-state index in [0.29, 0.717) is 46.6 Å². The van der Waals surface area contributed by atoms with Gasteiger partial charge in [0.25, 0.3) is 5.91 Å². The highest BCUT2D eigenvalue weighted by molar-refractivity contribution is 6.35. The summed E-state index contributed by atoms with van der Waals surface area (Å²) < 4.78 is 18.0. The van der Waals surface area contributed by atoms with E-state index in [1.165, 1.54) is 10.7 Å². The topological polar surface area (TPSA) is 174 Å². The van der Waals surface area contributed by atoms with Crippen LogP contribution in [0.2, 0.25) is 5.02 Å². The average Bonchev–Trinajstić information content (AvgIpc) is 3.58. The lowest BCUT2D eigenvalue weighted by atomic mass is 10.0. The molecular formula is C29H37ClN8O6. The van der Waals surface area contributed by atoms with Crippen molar-refractivity contribution < 1.29 is 28.6 Å². The van der Waals surface area contributed by atoms with E-state index in [0.717, 1.165) is 6.42 Å². The highest BCUT2D eigenvalue weighted by Gasteiger charge is 2.26. The number of halogens is 1. The van der Waals surface area contributed by atoms with E-state index in [-0.39, 0.29) is 30.2 Å². The molecule has 0 aliphatic rings. The molecular weight excluding hydrogens is 592 g/mol. The fourth-order valence-corrected chi connectivity index (χ4v) is 4.53. The van der Waals surface area contributed by atoms with Crippen LogP contribution in [-0.4, -0.2) is 68.2 Å². The predicted molar refractivity (Wildman–Crippen MR) is 164 cm³/mol. The lowest BCUT2D eigenvalue weighted by molar-refractivity contribution is 0.0525. The normalized spacial score (nSPS) is 12.1. The second kappa shape index (κ2) is 14.3. The molecule has 236 valence electrons. The van der Waals surface area contributed by atoms with Crippen LogP contribution in [-0.2, 0) is 9.47 Å². The fraction of sp³-hybridized carbons (Fsp3) is 0.448. The maximum Gasteiger partial charge on any atom is 0.412 e. The van der Waals surface area contributed by atoms with Crippen molar-refractivity contribution in [2.75, 3.05) is 25.1 Å². The summed E-state index contributed by atoms with van der Waals surface area (Å²) in [5, 5.41) is 20.6. The van der Waals surface area contributed by atoms with E-state index in [1.54, 1.807) is 52.2 Å². The third kappa shape index (κ3) is 8.07. The minimum Gasteiger partial charge on any atom is -0.491 e. The molecule has 0 aliphatic carbocycles. The van der Waals surface area contributed by atoms with E-state index in [4.69, 9.17) is 25.8 Å². The third-order valence-electron chi connectivity index (χ3n) is 6.29. The van der Waals surface area contributed by atoms with Crippen LogP contribution in [0.3, 0.4) is 0 Å². The molecule has 0 radical (unpaired) electrons. The van der Waals surface area contributed by atoms with Crippen LogP contribution in [0.5, 0.6) is 5.75 Å². The Morgan fingerprint density at radius 2 is 1.95 bits per heavy atom. The number of unbranched alkanes of at least 4 members (excludes halogenated alkanes) is 1. The standard InChI is InChI=1S/C29H37ClN8O6/c1-6-7-13-43-28(41)35-24-21(25-31-10-8-12-38(25)37-24)26(39)34-17(2)18-15-20(30)19-16-33-36-22(19)23(18)42-14-9-11-32-27(40)44-29(3,4)5/h8,10,12,15-17H,6-7,9,11,13-14H2,1-5H3,(H,32,40)(H,33,36)(H,34,39)(H,35,37,41). The molecule has 4 aromatic rings. The summed E-state index contributed by atoms with van der Waals surface area (Å²) in [5.74, 6) is -0.0860. The maximum absolute atomic E-state index is 13.7. The summed E-state index contributed by atoms with van der Waals surface area (Å²) in [4.78, 5) is 42.3. The molecule has 3 aromatic heterocycles. The van der Waals surface area contributed by atoms with Gasteiger partial charge in [0, 0.05) is 29.9 Å². The number of aromatic nitrogens is 5. The second-order valence-corrected chi connectivity index (χ2v) is 11.4. The number of anilines is 1. The van der Waals surface area contributed by atoms with Gasteiger partial charge in [-0.05, 0) is 52.7 Å². The van der Waals surface area contributed by atoms with E-state index >= 15 is 0 Å². The van der Waals surface area contributed by atoms with Crippen LogP contribution in [0.15, 0.2) is 30.7 Å². The zero-order chi connectivity index (χ0) is 31.9. The zero-order valence-corrected chi connectivity index (χ0v) is 26.1. The molecule has 3 heterocycles. The molecule has 0 saturated heterocycles. The summed E-state index contributed by atoms with van der Waals surface area (Å²) in [6, 6.07) is 2.74. The Bertz CT molecular complexity index is 1630. The molecule has 0 saturated carbocycles. The van der Waals surface area contributed by atoms with Gasteiger partial charge in [-0.2, -0.15) is 5.10 Å². The van der Waals surface area contributed by atoms with E-state index < -0.39 is 29.7 Å². The van der Waals surface area contributed by atoms with Crippen LogP contribution in [0.25, 0.3) is 16.6 Å². The van der Waals surface area contributed by atoms with Gasteiger partial charge >= 0.3 is 12.2 Å². The van der Waals surface area contributed by atoms with Crippen LogP contribution in [0.1, 0.15) is 75.8 Å². The summed E-state index contributed by atoms with van der Waals surface area (Å²) in [6.45, 7) is 9.94. The zero-order valence-electron chi connectivity index (χ0n) is 25.3. The van der Waals surface area contributed by atoms with Crippen molar-refractivity contribution in [3.63, 3.8) is 0 Å².